The first-order chi connectivity index (χ1) is 16.2. The minimum absolute atomic E-state index is 0.0236. The molecule has 0 N–H and O–H groups in total. The van der Waals surface area contributed by atoms with Crippen LogP contribution in [0.2, 0.25) is 0 Å². The van der Waals surface area contributed by atoms with Crippen LogP contribution in [0.1, 0.15) is 181 Å². The zero-order chi connectivity index (χ0) is 24.2. The lowest BCUT2D eigenvalue weighted by atomic mass is 10.0. The van der Waals surface area contributed by atoms with E-state index in [0.717, 1.165) is 18.8 Å². The fourth-order valence-corrected chi connectivity index (χ4v) is 4.61. The van der Waals surface area contributed by atoms with Crippen molar-refractivity contribution < 1.29 is 9.53 Å². The molecule has 198 valence electrons. The molecule has 2 nitrogen and oxygen atoms in total. The highest BCUT2D eigenvalue weighted by atomic mass is 16.5. The zero-order valence-electron chi connectivity index (χ0n) is 23.3. The minimum Gasteiger partial charge on any atom is -0.466 e. The third kappa shape index (κ3) is 29.4. The van der Waals surface area contributed by atoms with E-state index in [4.69, 9.17) is 4.74 Å². The number of rotatable bonds is 27. The number of esters is 1. The Hall–Kier alpha value is -0.530. The molecule has 0 amide bonds. The van der Waals surface area contributed by atoms with Crippen LogP contribution in [0.15, 0.2) is 0 Å². The lowest BCUT2D eigenvalue weighted by Crippen LogP contribution is -2.05. The Labute approximate surface area is 209 Å². The van der Waals surface area contributed by atoms with Gasteiger partial charge in [-0.05, 0) is 18.8 Å². The Kier molecular flexibility index (Phi) is 27.3. The van der Waals surface area contributed by atoms with Gasteiger partial charge < -0.3 is 4.74 Å². The summed E-state index contributed by atoms with van der Waals surface area (Å²) in [6, 6.07) is 0. The van der Waals surface area contributed by atoms with Crippen molar-refractivity contribution in [3.63, 3.8) is 0 Å². The summed E-state index contributed by atoms with van der Waals surface area (Å²) in [7, 11) is 0. The number of carbonyl (C=O) groups is 1. The van der Waals surface area contributed by atoms with Crippen LogP contribution in [-0.4, -0.2) is 12.6 Å². The molecule has 0 radical (unpaired) electrons. The van der Waals surface area contributed by atoms with Gasteiger partial charge in [-0.3, -0.25) is 4.79 Å². The highest BCUT2D eigenvalue weighted by molar-refractivity contribution is 5.69. The summed E-state index contributed by atoms with van der Waals surface area (Å²) in [6.45, 7) is 7.56. The maximum Gasteiger partial charge on any atom is 0.305 e. The summed E-state index contributed by atoms with van der Waals surface area (Å²) >= 11 is 0. The molecule has 0 saturated carbocycles. The topological polar surface area (TPSA) is 26.3 Å². The molecule has 0 aliphatic heterocycles. The van der Waals surface area contributed by atoms with E-state index in [1.807, 2.05) is 0 Å². The van der Waals surface area contributed by atoms with Gasteiger partial charge in [0.25, 0.3) is 0 Å². The number of unbranched alkanes of at least 4 members (excludes halogenated alkanes) is 21. The number of carbonyl (C=O) groups excluding carboxylic acids is 1. The fraction of sp³-hybridized carbons (Fsp3) is 0.968. The Balaban J connectivity index is 3.15. The first-order valence-corrected chi connectivity index (χ1v) is 15.3. The van der Waals surface area contributed by atoms with Crippen molar-refractivity contribution in [2.45, 2.75) is 181 Å². The molecule has 0 rings (SSSR count). The molecule has 0 bridgehead atoms. The van der Waals surface area contributed by atoms with Gasteiger partial charge in [-0.2, -0.15) is 0 Å². The first kappa shape index (κ1) is 32.5. The lowest BCUT2D eigenvalue weighted by Gasteiger charge is -2.06. The highest BCUT2D eigenvalue weighted by Gasteiger charge is 2.02. The molecule has 0 aromatic rings. The number of ether oxygens (including phenoxy) is 1. The Bertz CT molecular complexity index is 377. The monoisotopic (exact) mass is 466 g/mol. The largest absolute Gasteiger partial charge is 0.466 e. The van der Waals surface area contributed by atoms with Gasteiger partial charge in [0.1, 0.15) is 0 Å². The smallest absolute Gasteiger partial charge is 0.305 e. The average Bonchev–Trinajstić information content (AvgIpc) is 2.79. The maximum absolute atomic E-state index is 11.8. The van der Waals surface area contributed by atoms with Crippen LogP contribution in [0, 0.1) is 5.92 Å². The van der Waals surface area contributed by atoms with E-state index < -0.39 is 0 Å². The lowest BCUT2D eigenvalue weighted by molar-refractivity contribution is -0.143. The predicted octanol–water partition coefficient (Wildman–Crippen LogP) is 11.0. The van der Waals surface area contributed by atoms with E-state index in [-0.39, 0.29) is 5.97 Å². The second-order valence-electron chi connectivity index (χ2n) is 10.9. The first-order valence-electron chi connectivity index (χ1n) is 15.3. The van der Waals surface area contributed by atoms with Gasteiger partial charge in [-0.1, -0.05) is 162 Å². The predicted molar refractivity (Wildman–Crippen MR) is 147 cm³/mol. The third-order valence-electron chi connectivity index (χ3n) is 6.92. The van der Waals surface area contributed by atoms with Crippen molar-refractivity contribution in [2.24, 2.45) is 5.92 Å². The standard InChI is InChI=1S/C31H62O2/c1-4-5-6-7-8-9-10-13-16-19-22-25-28-31(32)33-29-26-23-20-17-14-11-12-15-18-21-24-27-30(2)3/h30H,4-29H2,1-3H3. The molecule has 2 heteroatoms. The van der Waals surface area contributed by atoms with Gasteiger partial charge in [-0.25, -0.2) is 0 Å². The molecule has 0 heterocycles. The summed E-state index contributed by atoms with van der Waals surface area (Å²) in [4.78, 5) is 11.8. The molecule has 0 saturated heterocycles. The van der Waals surface area contributed by atoms with E-state index >= 15 is 0 Å². The summed E-state index contributed by atoms with van der Waals surface area (Å²) in [6.07, 6.45) is 32.8. The van der Waals surface area contributed by atoms with Gasteiger partial charge >= 0.3 is 5.97 Å². The second-order valence-corrected chi connectivity index (χ2v) is 10.9. The van der Waals surface area contributed by atoms with Crippen LogP contribution in [0.4, 0.5) is 0 Å². The van der Waals surface area contributed by atoms with Gasteiger partial charge in [-0.15, -0.1) is 0 Å². The summed E-state index contributed by atoms with van der Waals surface area (Å²) in [5, 5.41) is 0. The van der Waals surface area contributed by atoms with E-state index in [1.165, 1.54) is 141 Å². The van der Waals surface area contributed by atoms with Crippen LogP contribution in [0.3, 0.4) is 0 Å². The normalized spacial score (nSPS) is 11.4. The van der Waals surface area contributed by atoms with Crippen LogP contribution in [0.25, 0.3) is 0 Å². The molecule has 0 fully saturated rings. The summed E-state index contributed by atoms with van der Waals surface area (Å²) in [5.74, 6) is 0.892. The number of hydrogen-bond acceptors (Lipinski definition) is 2. The van der Waals surface area contributed by atoms with E-state index in [0.29, 0.717) is 13.0 Å². The Morgan fingerprint density at radius 2 is 0.879 bits per heavy atom. The summed E-state index contributed by atoms with van der Waals surface area (Å²) in [5.41, 5.74) is 0. The van der Waals surface area contributed by atoms with Crippen LogP contribution >= 0.6 is 0 Å². The third-order valence-corrected chi connectivity index (χ3v) is 6.92. The maximum atomic E-state index is 11.8. The van der Waals surface area contributed by atoms with Crippen molar-refractivity contribution in [1.29, 1.82) is 0 Å². The van der Waals surface area contributed by atoms with E-state index in [9.17, 15) is 4.79 Å². The molecule has 0 spiro atoms. The highest BCUT2D eigenvalue weighted by Crippen LogP contribution is 2.15. The molecular formula is C31H62O2. The van der Waals surface area contributed by atoms with Crippen molar-refractivity contribution in [3.8, 4) is 0 Å². The quantitative estimate of drug-likeness (QED) is 0.0888. The van der Waals surface area contributed by atoms with Gasteiger partial charge in [0.05, 0.1) is 6.61 Å². The molecular weight excluding hydrogens is 404 g/mol. The molecule has 0 unspecified atom stereocenters. The van der Waals surface area contributed by atoms with Crippen molar-refractivity contribution >= 4 is 5.97 Å². The van der Waals surface area contributed by atoms with Crippen LogP contribution < -0.4 is 0 Å². The van der Waals surface area contributed by atoms with E-state index in [2.05, 4.69) is 20.8 Å². The average molecular weight is 467 g/mol. The van der Waals surface area contributed by atoms with Gasteiger partial charge in [0.15, 0.2) is 0 Å². The van der Waals surface area contributed by atoms with Crippen molar-refractivity contribution in [3.05, 3.63) is 0 Å². The summed E-state index contributed by atoms with van der Waals surface area (Å²) < 4.78 is 5.41. The van der Waals surface area contributed by atoms with Crippen molar-refractivity contribution in [2.75, 3.05) is 6.61 Å². The van der Waals surface area contributed by atoms with Gasteiger partial charge in [0, 0.05) is 6.42 Å². The van der Waals surface area contributed by atoms with Crippen molar-refractivity contribution in [1.82, 2.24) is 0 Å². The van der Waals surface area contributed by atoms with Gasteiger partial charge in [0.2, 0.25) is 0 Å². The van der Waals surface area contributed by atoms with Crippen LogP contribution in [0.5, 0.6) is 0 Å². The van der Waals surface area contributed by atoms with E-state index in [1.54, 1.807) is 0 Å². The fourth-order valence-electron chi connectivity index (χ4n) is 4.61. The Morgan fingerprint density at radius 1 is 0.515 bits per heavy atom. The molecule has 0 aliphatic carbocycles. The SMILES string of the molecule is CCCCCCCCCCCCCCC(=O)OCCCCCCCCCCCCCC(C)C. The zero-order valence-corrected chi connectivity index (χ0v) is 23.3. The molecule has 0 aromatic carbocycles. The Morgan fingerprint density at radius 3 is 1.30 bits per heavy atom. The van der Waals surface area contributed by atoms with Crippen LogP contribution in [-0.2, 0) is 9.53 Å². The molecule has 0 aliphatic rings. The molecule has 0 atom stereocenters. The number of hydrogen-bond donors (Lipinski definition) is 0. The molecule has 33 heavy (non-hydrogen) atoms. The second kappa shape index (κ2) is 27.7. The molecule has 0 aromatic heterocycles. The minimum atomic E-state index is 0.0236.